The van der Waals surface area contributed by atoms with Crippen molar-refractivity contribution in [1.82, 2.24) is 19.5 Å². The van der Waals surface area contributed by atoms with Gasteiger partial charge < -0.3 is 25.8 Å². The molecule has 3 rings (SSSR count). The van der Waals surface area contributed by atoms with Crippen LogP contribution in [0.2, 0.25) is 0 Å². The number of aliphatic hydroxyl groups is 3. The van der Waals surface area contributed by atoms with E-state index in [1.165, 1.54) is 17.8 Å². The van der Waals surface area contributed by atoms with Gasteiger partial charge in [-0.2, -0.15) is 9.97 Å². The average molecular weight is 324 g/mol. The van der Waals surface area contributed by atoms with Crippen LogP contribution in [0.1, 0.15) is 13.2 Å². The molecule has 0 spiro atoms. The molecule has 0 aromatic carbocycles. The number of nitrogens with zero attached hydrogens (tertiary/aromatic N) is 4. The third kappa shape index (κ3) is 2.59. The van der Waals surface area contributed by atoms with Crippen LogP contribution in [0.4, 0.5) is 11.8 Å². The van der Waals surface area contributed by atoms with Crippen molar-refractivity contribution >= 4 is 28.8 Å². The molecule has 0 saturated carbocycles. The van der Waals surface area contributed by atoms with E-state index in [0.717, 1.165) is 0 Å². The van der Waals surface area contributed by atoms with Crippen LogP contribution in [-0.2, 0) is 9.53 Å². The van der Waals surface area contributed by atoms with E-state index < -0.39 is 31.1 Å². The second-order valence-corrected chi connectivity index (χ2v) is 5.17. The molecule has 23 heavy (non-hydrogen) atoms. The fourth-order valence-corrected chi connectivity index (χ4v) is 2.45. The van der Waals surface area contributed by atoms with Crippen molar-refractivity contribution in [2.75, 3.05) is 17.7 Å². The zero-order valence-electron chi connectivity index (χ0n) is 12.1. The number of nitrogens with two attached hydrogens (primary N) is 1. The number of amides is 1. The molecule has 0 radical (unpaired) electrons. The summed E-state index contributed by atoms with van der Waals surface area (Å²) >= 11 is 0. The van der Waals surface area contributed by atoms with Gasteiger partial charge in [-0.1, -0.05) is 0 Å². The van der Waals surface area contributed by atoms with Gasteiger partial charge in [0.1, 0.15) is 23.8 Å². The lowest BCUT2D eigenvalue weighted by molar-refractivity contribution is -0.114. The first-order valence-corrected chi connectivity index (χ1v) is 6.82. The number of anilines is 2. The Balaban J connectivity index is 2.05. The summed E-state index contributed by atoms with van der Waals surface area (Å²) in [6.07, 6.45) is -3.15. The van der Waals surface area contributed by atoms with E-state index in [1.54, 1.807) is 0 Å². The van der Waals surface area contributed by atoms with Crippen molar-refractivity contribution in [3.05, 3.63) is 6.33 Å². The molecule has 0 aliphatic carbocycles. The van der Waals surface area contributed by atoms with Gasteiger partial charge in [0.25, 0.3) is 0 Å². The van der Waals surface area contributed by atoms with Gasteiger partial charge in [0, 0.05) is 6.92 Å². The maximum absolute atomic E-state index is 11.1. The molecule has 1 amide bonds. The Morgan fingerprint density at radius 2 is 2.17 bits per heavy atom. The van der Waals surface area contributed by atoms with Gasteiger partial charge in [0.2, 0.25) is 11.9 Å². The highest BCUT2D eigenvalue weighted by atomic mass is 16.6. The molecule has 1 aliphatic heterocycles. The Labute approximate surface area is 129 Å². The van der Waals surface area contributed by atoms with E-state index in [9.17, 15) is 15.0 Å². The quantitative estimate of drug-likeness (QED) is 0.427. The van der Waals surface area contributed by atoms with E-state index in [0.29, 0.717) is 0 Å². The van der Waals surface area contributed by atoms with Crippen LogP contribution in [0.25, 0.3) is 11.2 Å². The van der Waals surface area contributed by atoms with Gasteiger partial charge in [-0.25, -0.2) is 4.98 Å². The molecule has 11 heteroatoms. The Bertz CT molecular complexity index is 749. The second-order valence-electron chi connectivity index (χ2n) is 5.17. The maximum atomic E-state index is 11.1. The van der Waals surface area contributed by atoms with E-state index in [-0.39, 0.29) is 28.8 Å². The minimum Gasteiger partial charge on any atom is -0.394 e. The van der Waals surface area contributed by atoms with Crippen LogP contribution in [0.15, 0.2) is 6.33 Å². The number of aliphatic hydroxyl groups excluding tert-OH is 3. The lowest BCUT2D eigenvalue weighted by atomic mass is 10.1. The van der Waals surface area contributed by atoms with E-state index in [2.05, 4.69) is 20.3 Å². The highest BCUT2D eigenvalue weighted by Crippen LogP contribution is 2.32. The molecule has 4 unspecified atom stereocenters. The smallest absolute Gasteiger partial charge is 0.233 e. The number of hydrogen-bond acceptors (Lipinski definition) is 9. The Morgan fingerprint density at radius 1 is 1.43 bits per heavy atom. The van der Waals surface area contributed by atoms with E-state index >= 15 is 0 Å². The number of nitrogens with one attached hydrogen (secondary N) is 1. The average Bonchev–Trinajstić information content (AvgIpc) is 3.01. The van der Waals surface area contributed by atoms with Crippen molar-refractivity contribution in [3.8, 4) is 0 Å². The molecular formula is C12H16N6O5. The van der Waals surface area contributed by atoms with Crippen LogP contribution in [0.5, 0.6) is 0 Å². The number of imidazole rings is 1. The lowest BCUT2D eigenvalue weighted by Crippen LogP contribution is -2.33. The molecule has 0 bridgehead atoms. The molecule has 2 aromatic heterocycles. The molecule has 3 heterocycles. The van der Waals surface area contributed by atoms with Gasteiger partial charge in [0.05, 0.1) is 12.9 Å². The zero-order valence-corrected chi connectivity index (χ0v) is 12.1. The predicted octanol–water partition coefficient (Wildman–Crippen LogP) is -2.02. The topological polar surface area (TPSA) is 169 Å². The summed E-state index contributed by atoms with van der Waals surface area (Å²) in [7, 11) is 0. The number of aromatic nitrogens is 4. The fraction of sp³-hybridized carbons (Fsp3) is 0.500. The van der Waals surface area contributed by atoms with Crippen molar-refractivity contribution in [2.45, 2.75) is 31.5 Å². The highest BCUT2D eigenvalue weighted by Gasteiger charge is 2.44. The molecule has 4 atom stereocenters. The van der Waals surface area contributed by atoms with Crippen LogP contribution < -0.4 is 11.1 Å². The van der Waals surface area contributed by atoms with Gasteiger partial charge in [-0.15, -0.1) is 0 Å². The summed E-state index contributed by atoms with van der Waals surface area (Å²) in [5, 5.41) is 31.5. The molecule has 1 fully saturated rings. The maximum Gasteiger partial charge on any atom is 0.233 e. The number of carbonyl (C=O) groups is 1. The molecule has 1 aliphatic rings. The molecule has 1 saturated heterocycles. The van der Waals surface area contributed by atoms with Crippen molar-refractivity contribution in [3.63, 3.8) is 0 Å². The number of nitrogen functional groups attached to an aromatic ring is 1. The first kappa shape index (κ1) is 15.6. The van der Waals surface area contributed by atoms with E-state index in [1.807, 2.05) is 0 Å². The second kappa shape index (κ2) is 5.70. The Hall–Kier alpha value is -2.34. The summed E-state index contributed by atoms with van der Waals surface area (Å²) in [4.78, 5) is 23.2. The first-order chi connectivity index (χ1) is 10.9. The van der Waals surface area contributed by atoms with Gasteiger partial charge in [0.15, 0.2) is 17.7 Å². The Kier molecular flexibility index (Phi) is 3.85. The Morgan fingerprint density at radius 3 is 2.78 bits per heavy atom. The summed E-state index contributed by atoms with van der Waals surface area (Å²) in [5.74, 6) is -0.344. The minimum atomic E-state index is -1.29. The van der Waals surface area contributed by atoms with Crippen LogP contribution in [-0.4, -0.2) is 65.7 Å². The van der Waals surface area contributed by atoms with Crippen LogP contribution in [0.3, 0.4) is 0 Å². The summed E-state index contributed by atoms with van der Waals surface area (Å²) in [6, 6.07) is 0. The first-order valence-electron chi connectivity index (χ1n) is 6.82. The number of carbonyl (C=O) groups excluding carboxylic acids is 1. The number of fused-ring (bicyclic) bond motifs is 1. The normalized spacial score (nSPS) is 27.5. The largest absolute Gasteiger partial charge is 0.394 e. The monoisotopic (exact) mass is 324 g/mol. The minimum absolute atomic E-state index is 0.0176. The third-order valence-electron chi connectivity index (χ3n) is 3.53. The third-order valence-corrected chi connectivity index (χ3v) is 3.53. The van der Waals surface area contributed by atoms with Gasteiger partial charge in [-0.3, -0.25) is 14.7 Å². The number of rotatable bonds is 3. The number of hydrogen-bond donors (Lipinski definition) is 5. The van der Waals surface area contributed by atoms with Gasteiger partial charge >= 0.3 is 0 Å². The lowest BCUT2D eigenvalue weighted by Gasteiger charge is -2.16. The SMILES string of the molecule is CC(=O)Nc1nc(N)c2ncn(C3OC(CO)C(O)C3O)c2n1. The molecule has 11 nitrogen and oxygen atoms in total. The fourth-order valence-electron chi connectivity index (χ4n) is 2.45. The summed E-state index contributed by atoms with van der Waals surface area (Å²) in [6.45, 7) is 0.850. The van der Waals surface area contributed by atoms with E-state index in [4.69, 9.17) is 15.6 Å². The predicted molar refractivity (Wildman–Crippen MR) is 77.0 cm³/mol. The van der Waals surface area contributed by atoms with Crippen LogP contribution in [0, 0.1) is 0 Å². The zero-order chi connectivity index (χ0) is 16.7. The summed E-state index contributed by atoms with van der Waals surface area (Å²) < 4.78 is 6.80. The standard InChI is InChI=1S/C12H16N6O5/c1-4(20)15-12-16-9(13)6-10(17-12)18(3-14-6)11-8(22)7(21)5(2-19)23-11/h3,5,7-8,11,19,21-22H,2H2,1H3,(H3,13,15,16,17,20). The van der Waals surface area contributed by atoms with Crippen molar-refractivity contribution < 1.29 is 24.9 Å². The number of ether oxygens (including phenoxy) is 1. The van der Waals surface area contributed by atoms with Gasteiger partial charge in [-0.05, 0) is 0 Å². The van der Waals surface area contributed by atoms with Crippen molar-refractivity contribution in [1.29, 1.82) is 0 Å². The highest BCUT2D eigenvalue weighted by molar-refractivity contribution is 5.89. The molecule has 6 N–H and O–H groups in total. The molecule has 124 valence electrons. The summed E-state index contributed by atoms with van der Waals surface area (Å²) in [5.41, 5.74) is 6.27. The van der Waals surface area contributed by atoms with Crippen LogP contribution >= 0.6 is 0 Å². The van der Waals surface area contributed by atoms with Crippen molar-refractivity contribution in [2.24, 2.45) is 0 Å². The molecule has 2 aromatic rings. The molecular weight excluding hydrogens is 308 g/mol.